The molecule has 7 nitrogen and oxygen atoms in total. The van der Waals surface area contributed by atoms with Crippen LogP contribution in [-0.2, 0) is 19.6 Å². The first-order valence-corrected chi connectivity index (χ1v) is 11.0. The first kappa shape index (κ1) is 18.8. The number of rotatable bonds is 6. The maximum absolute atomic E-state index is 12.5. The molecule has 2 aliphatic rings. The van der Waals surface area contributed by atoms with Gasteiger partial charge in [0.25, 0.3) is 10.0 Å². The number of thiophene rings is 1. The van der Waals surface area contributed by atoms with Crippen LogP contribution in [0, 0.1) is 0 Å². The van der Waals surface area contributed by atoms with Crippen LogP contribution in [0.4, 0.5) is 0 Å². The molecule has 1 aromatic rings. The Hall–Kier alpha value is -1.00. The van der Waals surface area contributed by atoms with Crippen LogP contribution >= 0.6 is 11.3 Å². The highest BCUT2D eigenvalue weighted by atomic mass is 32.2. The Labute approximate surface area is 153 Å². The first-order chi connectivity index (χ1) is 12.0. The average Bonchev–Trinajstić information content (AvgIpc) is 3.29. The summed E-state index contributed by atoms with van der Waals surface area (Å²) in [4.78, 5) is 15.7. The van der Waals surface area contributed by atoms with Crippen molar-refractivity contribution in [3.05, 3.63) is 17.5 Å². The lowest BCUT2D eigenvalue weighted by Crippen LogP contribution is -3.15. The Morgan fingerprint density at radius 3 is 2.80 bits per heavy atom. The number of quaternary nitrogens is 1. The van der Waals surface area contributed by atoms with Crippen LogP contribution in [0.25, 0.3) is 0 Å². The summed E-state index contributed by atoms with van der Waals surface area (Å²) in [5.41, 5.74) is 0. The standard InChI is InChI=1S/C16H25N3O4S2/c1-17(25(21,22)16-5-3-11-24-16)13-15(20)19-8-6-18(7-9-19)12-14-4-2-10-23-14/h3,5,11,14H,2,4,6-10,12-13H2,1H3/p+1/t14-/m1/s1. The fourth-order valence-electron chi connectivity index (χ4n) is 3.34. The summed E-state index contributed by atoms with van der Waals surface area (Å²) < 4.78 is 31.9. The second-order valence-electron chi connectivity index (χ2n) is 6.66. The minimum atomic E-state index is -3.57. The molecule has 9 heteroatoms. The van der Waals surface area contributed by atoms with Gasteiger partial charge in [0.15, 0.2) is 0 Å². The molecule has 1 atom stereocenters. The van der Waals surface area contributed by atoms with Gasteiger partial charge in [-0.15, -0.1) is 11.3 Å². The normalized spacial score (nSPS) is 22.6. The van der Waals surface area contributed by atoms with Gasteiger partial charge in [-0.2, -0.15) is 4.31 Å². The zero-order chi connectivity index (χ0) is 17.9. The molecule has 3 rings (SSSR count). The van der Waals surface area contributed by atoms with E-state index in [1.54, 1.807) is 22.4 Å². The van der Waals surface area contributed by atoms with E-state index in [2.05, 4.69) is 0 Å². The van der Waals surface area contributed by atoms with Gasteiger partial charge in [0.1, 0.15) is 16.9 Å². The topological polar surface area (TPSA) is 71.4 Å². The monoisotopic (exact) mass is 388 g/mol. The van der Waals surface area contributed by atoms with Crippen LogP contribution in [0.1, 0.15) is 12.8 Å². The molecule has 0 aromatic carbocycles. The molecule has 0 radical (unpaired) electrons. The van der Waals surface area contributed by atoms with Crippen LogP contribution in [-0.4, -0.2) is 82.6 Å². The fourth-order valence-corrected chi connectivity index (χ4v) is 5.66. The number of amides is 1. The number of carbonyl (C=O) groups excluding carboxylic acids is 1. The largest absolute Gasteiger partial charge is 0.372 e. The number of nitrogens with zero attached hydrogens (tertiary/aromatic N) is 2. The highest BCUT2D eigenvalue weighted by Gasteiger charge is 2.30. The number of piperazine rings is 1. The molecule has 2 saturated heterocycles. The van der Waals surface area contributed by atoms with Gasteiger partial charge in [0.05, 0.1) is 32.7 Å². The molecular formula is C16H26N3O4S2+. The second kappa shape index (κ2) is 8.13. The lowest BCUT2D eigenvalue weighted by atomic mass is 10.2. The molecule has 2 fully saturated rings. The van der Waals surface area contributed by atoms with Crippen LogP contribution in [0.5, 0.6) is 0 Å². The number of hydrogen-bond donors (Lipinski definition) is 1. The van der Waals surface area contributed by atoms with Gasteiger partial charge in [-0.3, -0.25) is 4.79 Å². The number of hydrogen-bond acceptors (Lipinski definition) is 5. The summed E-state index contributed by atoms with van der Waals surface area (Å²) >= 11 is 1.17. The van der Waals surface area contributed by atoms with Crippen molar-refractivity contribution >= 4 is 27.3 Å². The summed E-state index contributed by atoms with van der Waals surface area (Å²) in [6.45, 7) is 4.91. The Balaban J connectivity index is 1.47. The average molecular weight is 389 g/mol. The van der Waals surface area contributed by atoms with Crippen molar-refractivity contribution in [1.82, 2.24) is 9.21 Å². The van der Waals surface area contributed by atoms with E-state index in [1.807, 2.05) is 0 Å². The summed E-state index contributed by atoms with van der Waals surface area (Å²) in [7, 11) is -2.11. The van der Waals surface area contributed by atoms with E-state index in [9.17, 15) is 13.2 Å². The molecule has 0 aliphatic carbocycles. The third-order valence-electron chi connectivity index (χ3n) is 4.88. The van der Waals surface area contributed by atoms with E-state index in [0.717, 1.165) is 43.4 Å². The SMILES string of the molecule is CN(CC(=O)N1CC[NH+](C[C@H]2CCCO2)CC1)S(=O)(=O)c1cccs1. The molecule has 3 heterocycles. The van der Waals surface area contributed by atoms with Crippen molar-refractivity contribution < 1.29 is 22.8 Å². The Kier molecular flexibility index (Phi) is 6.11. The molecule has 1 amide bonds. The molecule has 0 unspecified atom stereocenters. The summed E-state index contributed by atoms with van der Waals surface area (Å²) in [5, 5.41) is 1.72. The molecule has 0 spiro atoms. The molecular weight excluding hydrogens is 362 g/mol. The summed E-state index contributed by atoms with van der Waals surface area (Å²) in [6, 6.07) is 3.26. The molecule has 140 valence electrons. The lowest BCUT2D eigenvalue weighted by molar-refractivity contribution is -0.906. The van der Waals surface area contributed by atoms with Crippen molar-refractivity contribution in [2.45, 2.75) is 23.2 Å². The maximum Gasteiger partial charge on any atom is 0.252 e. The highest BCUT2D eigenvalue weighted by Crippen LogP contribution is 2.19. The van der Waals surface area contributed by atoms with Crippen molar-refractivity contribution in [1.29, 1.82) is 0 Å². The zero-order valence-electron chi connectivity index (χ0n) is 14.5. The Morgan fingerprint density at radius 1 is 1.44 bits per heavy atom. The van der Waals surface area contributed by atoms with Crippen LogP contribution in [0.15, 0.2) is 21.7 Å². The van der Waals surface area contributed by atoms with Gasteiger partial charge in [-0.1, -0.05) is 6.07 Å². The van der Waals surface area contributed by atoms with Crippen molar-refractivity contribution in [3.8, 4) is 0 Å². The predicted octanol–water partition coefficient (Wildman–Crippen LogP) is -0.725. The van der Waals surface area contributed by atoms with Crippen molar-refractivity contribution in [3.63, 3.8) is 0 Å². The van der Waals surface area contributed by atoms with Gasteiger partial charge in [0.2, 0.25) is 5.91 Å². The van der Waals surface area contributed by atoms with E-state index < -0.39 is 10.0 Å². The summed E-state index contributed by atoms with van der Waals surface area (Å²) in [6.07, 6.45) is 2.64. The Morgan fingerprint density at radius 2 is 2.20 bits per heavy atom. The number of carbonyl (C=O) groups is 1. The number of likely N-dealkylation sites (N-methyl/N-ethyl adjacent to an activating group) is 1. The van der Waals surface area contributed by atoms with Crippen LogP contribution < -0.4 is 4.90 Å². The maximum atomic E-state index is 12.5. The highest BCUT2D eigenvalue weighted by molar-refractivity contribution is 7.91. The third kappa shape index (κ3) is 4.59. The van der Waals surface area contributed by atoms with Gasteiger partial charge < -0.3 is 14.5 Å². The molecule has 1 aromatic heterocycles. The van der Waals surface area contributed by atoms with Crippen molar-refractivity contribution in [2.75, 3.05) is 52.9 Å². The third-order valence-corrected chi connectivity index (χ3v) is 8.06. The minimum Gasteiger partial charge on any atom is -0.372 e. The van der Waals surface area contributed by atoms with Gasteiger partial charge >= 0.3 is 0 Å². The van der Waals surface area contributed by atoms with E-state index in [0.29, 0.717) is 19.2 Å². The second-order valence-corrected chi connectivity index (χ2v) is 9.88. The van der Waals surface area contributed by atoms with E-state index in [4.69, 9.17) is 4.74 Å². The summed E-state index contributed by atoms with van der Waals surface area (Å²) in [5.74, 6) is -0.126. The zero-order valence-corrected chi connectivity index (χ0v) is 16.2. The predicted molar refractivity (Wildman–Crippen MR) is 95.3 cm³/mol. The van der Waals surface area contributed by atoms with E-state index in [1.165, 1.54) is 23.3 Å². The van der Waals surface area contributed by atoms with E-state index in [-0.39, 0.29) is 16.7 Å². The van der Waals surface area contributed by atoms with Gasteiger partial charge in [-0.25, -0.2) is 8.42 Å². The molecule has 0 saturated carbocycles. The van der Waals surface area contributed by atoms with Crippen LogP contribution in [0.2, 0.25) is 0 Å². The Bertz CT molecular complexity index is 664. The number of ether oxygens (including phenoxy) is 1. The van der Waals surface area contributed by atoms with Gasteiger partial charge in [0, 0.05) is 13.7 Å². The minimum absolute atomic E-state index is 0.110. The fraction of sp³-hybridized carbons (Fsp3) is 0.688. The molecule has 25 heavy (non-hydrogen) atoms. The quantitative estimate of drug-likeness (QED) is 0.698. The number of nitrogens with one attached hydrogen (secondary N) is 1. The van der Waals surface area contributed by atoms with Crippen molar-refractivity contribution in [2.24, 2.45) is 0 Å². The van der Waals surface area contributed by atoms with Crippen LogP contribution in [0.3, 0.4) is 0 Å². The smallest absolute Gasteiger partial charge is 0.252 e. The molecule has 2 aliphatic heterocycles. The lowest BCUT2D eigenvalue weighted by Gasteiger charge is -2.33. The van der Waals surface area contributed by atoms with Gasteiger partial charge in [-0.05, 0) is 24.3 Å². The molecule has 0 bridgehead atoms. The number of sulfonamides is 1. The van der Waals surface area contributed by atoms with E-state index >= 15 is 0 Å². The molecule has 1 N–H and O–H groups in total. The first-order valence-electron chi connectivity index (χ1n) is 8.69.